The normalized spacial score (nSPS) is 11.5. The Morgan fingerprint density at radius 1 is 0.559 bits per heavy atom. The summed E-state index contributed by atoms with van der Waals surface area (Å²) in [5.74, 6) is 0. The van der Waals surface area contributed by atoms with E-state index >= 15 is 0 Å². The van der Waals surface area contributed by atoms with Crippen molar-refractivity contribution in [2.45, 2.75) is 0 Å². The van der Waals surface area contributed by atoms with Gasteiger partial charge < -0.3 is 4.57 Å². The lowest BCUT2D eigenvalue weighted by atomic mass is 9.95. The lowest BCUT2D eigenvalue weighted by molar-refractivity contribution is 1.17. The zero-order valence-corrected chi connectivity index (χ0v) is 19.0. The van der Waals surface area contributed by atoms with E-state index in [2.05, 4.69) is 108 Å². The van der Waals surface area contributed by atoms with Gasteiger partial charge in [0.15, 0.2) is 0 Å². The average Bonchev–Trinajstić information content (AvgIpc) is 3.44. The van der Waals surface area contributed by atoms with Crippen molar-refractivity contribution in [3.05, 3.63) is 115 Å². The number of hydrogen-bond donors (Lipinski definition) is 0. The lowest BCUT2D eigenvalue weighted by Gasteiger charge is -2.16. The van der Waals surface area contributed by atoms with Crippen LogP contribution in [-0.2, 0) is 0 Å². The molecule has 0 N–H and O–H groups in total. The third kappa shape index (κ3) is 2.61. The minimum absolute atomic E-state index is 0.667. The summed E-state index contributed by atoms with van der Waals surface area (Å²) >= 11 is 1.82. The van der Waals surface area contributed by atoms with Crippen molar-refractivity contribution < 1.29 is 0 Å². The molecule has 0 spiro atoms. The first-order valence-electron chi connectivity index (χ1n) is 11.3. The quantitative estimate of drug-likeness (QED) is 0.259. The van der Waals surface area contributed by atoms with Gasteiger partial charge in [-0.15, -0.1) is 11.3 Å². The van der Waals surface area contributed by atoms with Gasteiger partial charge in [-0.3, -0.25) is 0 Å². The fourth-order valence-corrected chi connectivity index (χ4v) is 6.39. The van der Waals surface area contributed by atoms with E-state index in [-0.39, 0.29) is 0 Å². The largest absolute Gasteiger partial charge is 0.307 e. The Bertz CT molecular complexity index is 1880. The van der Waals surface area contributed by atoms with Crippen LogP contribution in [-0.4, -0.2) is 4.57 Å². The maximum absolute atomic E-state index is 10.2. The Balaban J connectivity index is 1.67. The molecule has 0 saturated carbocycles. The number of fused-ring (bicyclic) bond motifs is 6. The van der Waals surface area contributed by atoms with Gasteiger partial charge >= 0.3 is 0 Å². The van der Waals surface area contributed by atoms with E-state index in [0.29, 0.717) is 5.56 Å². The summed E-state index contributed by atoms with van der Waals surface area (Å²) in [7, 11) is 0. The van der Waals surface area contributed by atoms with Gasteiger partial charge in [0.2, 0.25) is 0 Å². The first-order chi connectivity index (χ1) is 16.8. The molecule has 0 aliphatic rings. The molecule has 2 aromatic heterocycles. The second kappa shape index (κ2) is 7.31. The standard InChI is InChI=1S/C31H18N2S/c32-19-20-9-7-14-24(23-13-8-18-29-30(23)25-12-3-6-17-28(25)34-29)31(20)33-26-15-4-1-10-21(26)22-11-2-5-16-27(22)33/h1-18H. The maximum Gasteiger partial charge on any atom is 0.101 e. The van der Waals surface area contributed by atoms with E-state index in [4.69, 9.17) is 0 Å². The predicted octanol–water partition coefficient (Wildman–Crippen LogP) is 8.69. The highest BCUT2D eigenvalue weighted by Crippen LogP contribution is 2.43. The molecular weight excluding hydrogens is 432 g/mol. The average molecular weight is 451 g/mol. The summed E-state index contributed by atoms with van der Waals surface area (Å²) in [6.07, 6.45) is 0. The van der Waals surface area contributed by atoms with Crippen LogP contribution in [0.2, 0.25) is 0 Å². The van der Waals surface area contributed by atoms with Crippen molar-refractivity contribution in [1.82, 2.24) is 4.57 Å². The molecule has 0 atom stereocenters. The molecule has 0 fully saturated rings. The highest BCUT2D eigenvalue weighted by atomic mass is 32.1. The van der Waals surface area contributed by atoms with Crippen molar-refractivity contribution in [3.63, 3.8) is 0 Å². The molecule has 0 radical (unpaired) electrons. The highest BCUT2D eigenvalue weighted by Gasteiger charge is 2.20. The van der Waals surface area contributed by atoms with Crippen LogP contribution in [0.25, 0.3) is 58.8 Å². The summed E-state index contributed by atoms with van der Waals surface area (Å²) in [6, 6.07) is 40.6. The molecule has 7 rings (SSSR count). The van der Waals surface area contributed by atoms with Crippen molar-refractivity contribution in [2.75, 3.05) is 0 Å². The third-order valence-electron chi connectivity index (χ3n) is 6.65. The van der Waals surface area contributed by atoms with E-state index in [0.717, 1.165) is 27.8 Å². The molecule has 2 nitrogen and oxygen atoms in total. The van der Waals surface area contributed by atoms with E-state index in [9.17, 15) is 5.26 Å². The Labute approximate surface area is 200 Å². The summed E-state index contributed by atoms with van der Waals surface area (Å²) in [5.41, 5.74) is 6.04. The van der Waals surface area contributed by atoms with Crippen LogP contribution in [0.3, 0.4) is 0 Å². The van der Waals surface area contributed by atoms with Crippen LogP contribution < -0.4 is 0 Å². The van der Waals surface area contributed by atoms with Crippen LogP contribution >= 0.6 is 11.3 Å². The van der Waals surface area contributed by atoms with Crippen LogP contribution in [0.1, 0.15) is 5.56 Å². The van der Waals surface area contributed by atoms with E-state index < -0.39 is 0 Å². The molecule has 0 bridgehead atoms. The van der Waals surface area contributed by atoms with E-state index in [1.54, 1.807) is 0 Å². The SMILES string of the molecule is N#Cc1cccc(-c2cccc3sc4ccccc4c23)c1-n1c2ccccc2c2ccccc21. The molecule has 7 aromatic rings. The minimum atomic E-state index is 0.667. The van der Waals surface area contributed by atoms with E-state index in [1.165, 1.54) is 30.9 Å². The summed E-state index contributed by atoms with van der Waals surface area (Å²) < 4.78 is 4.81. The van der Waals surface area contributed by atoms with Crippen LogP contribution in [0.5, 0.6) is 0 Å². The number of aromatic nitrogens is 1. The fraction of sp³-hybridized carbons (Fsp3) is 0. The monoisotopic (exact) mass is 450 g/mol. The number of benzene rings is 5. The number of nitrogens with zero attached hydrogens (tertiary/aromatic N) is 2. The number of para-hydroxylation sites is 3. The predicted molar refractivity (Wildman–Crippen MR) is 144 cm³/mol. The molecule has 0 saturated heterocycles. The number of rotatable bonds is 2. The maximum atomic E-state index is 10.2. The molecule has 0 amide bonds. The first-order valence-corrected chi connectivity index (χ1v) is 12.1. The number of nitriles is 1. The van der Waals surface area contributed by atoms with Gasteiger partial charge in [0.05, 0.1) is 22.3 Å². The smallest absolute Gasteiger partial charge is 0.101 e. The molecule has 0 aliphatic heterocycles. The number of hydrogen-bond acceptors (Lipinski definition) is 2. The highest BCUT2D eigenvalue weighted by molar-refractivity contribution is 7.25. The van der Waals surface area contributed by atoms with Gasteiger partial charge in [0.1, 0.15) is 6.07 Å². The summed E-state index contributed by atoms with van der Waals surface area (Å²) in [5, 5.41) is 15.1. The van der Waals surface area contributed by atoms with Crippen LogP contribution in [0, 0.1) is 11.3 Å². The molecular formula is C31H18N2S. The van der Waals surface area contributed by atoms with Crippen molar-refractivity contribution in [2.24, 2.45) is 0 Å². The Morgan fingerprint density at radius 2 is 1.15 bits per heavy atom. The van der Waals surface area contributed by atoms with Gasteiger partial charge in [-0.1, -0.05) is 78.9 Å². The van der Waals surface area contributed by atoms with Gasteiger partial charge in [-0.2, -0.15) is 5.26 Å². The minimum Gasteiger partial charge on any atom is -0.307 e. The zero-order valence-electron chi connectivity index (χ0n) is 18.2. The van der Waals surface area contributed by atoms with Gasteiger partial charge in [-0.05, 0) is 35.9 Å². The third-order valence-corrected chi connectivity index (χ3v) is 7.79. The molecule has 34 heavy (non-hydrogen) atoms. The van der Waals surface area contributed by atoms with Gasteiger partial charge in [0.25, 0.3) is 0 Å². The van der Waals surface area contributed by atoms with Crippen LogP contribution in [0.4, 0.5) is 0 Å². The van der Waals surface area contributed by atoms with Crippen LogP contribution in [0.15, 0.2) is 109 Å². The molecule has 158 valence electrons. The van der Waals surface area contributed by atoms with Crippen molar-refractivity contribution in [1.29, 1.82) is 5.26 Å². The Hall–Kier alpha value is -4.39. The second-order valence-electron chi connectivity index (χ2n) is 8.46. The van der Waals surface area contributed by atoms with Gasteiger partial charge in [-0.25, -0.2) is 0 Å². The van der Waals surface area contributed by atoms with Crippen molar-refractivity contribution >= 4 is 53.3 Å². The molecule has 0 aliphatic carbocycles. The Kier molecular flexibility index (Phi) is 4.11. The van der Waals surface area contributed by atoms with E-state index in [1.807, 2.05) is 23.5 Å². The molecule has 2 heterocycles. The first kappa shape index (κ1) is 19.1. The van der Waals surface area contributed by atoms with Gasteiger partial charge in [0, 0.05) is 36.5 Å². The molecule has 0 unspecified atom stereocenters. The molecule has 5 aromatic carbocycles. The second-order valence-corrected chi connectivity index (χ2v) is 9.54. The number of thiophene rings is 1. The fourth-order valence-electron chi connectivity index (χ4n) is 5.25. The zero-order chi connectivity index (χ0) is 22.6. The Morgan fingerprint density at radius 3 is 1.88 bits per heavy atom. The van der Waals surface area contributed by atoms with Crippen molar-refractivity contribution in [3.8, 4) is 22.9 Å². The summed E-state index contributed by atoms with van der Waals surface area (Å²) in [4.78, 5) is 0. The lowest BCUT2D eigenvalue weighted by Crippen LogP contribution is -2.01. The molecule has 3 heteroatoms. The summed E-state index contributed by atoms with van der Waals surface area (Å²) in [6.45, 7) is 0. The topological polar surface area (TPSA) is 28.7 Å².